The van der Waals surface area contributed by atoms with Gasteiger partial charge in [-0.05, 0) is 83.9 Å². The van der Waals surface area contributed by atoms with E-state index in [1.807, 2.05) is 48.5 Å². The predicted octanol–water partition coefficient (Wildman–Crippen LogP) is 7.75. The zero-order valence-electron chi connectivity index (χ0n) is 16.7. The predicted molar refractivity (Wildman–Crippen MR) is 132 cm³/mol. The lowest BCUT2D eigenvalue weighted by atomic mass is 10.0. The number of halogens is 2. The van der Waals surface area contributed by atoms with Gasteiger partial charge in [0, 0.05) is 21.2 Å². The van der Waals surface area contributed by atoms with Crippen molar-refractivity contribution in [2.24, 2.45) is 0 Å². The molecule has 6 heteroatoms. The Hall–Kier alpha value is -3.60. The van der Waals surface area contributed by atoms with Gasteiger partial charge in [-0.2, -0.15) is 0 Å². The molecule has 0 spiro atoms. The van der Waals surface area contributed by atoms with Crippen LogP contribution in [0.2, 0.25) is 10.0 Å². The van der Waals surface area contributed by atoms with Crippen molar-refractivity contribution in [2.75, 3.05) is 0 Å². The minimum Gasteiger partial charge on any atom is -0.338 e. The van der Waals surface area contributed by atoms with Crippen LogP contribution in [0.15, 0.2) is 84.9 Å². The number of nitrogens with zero attached hydrogens (tertiary/aromatic N) is 2. The van der Waals surface area contributed by atoms with Crippen molar-refractivity contribution in [3.05, 3.63) is 95.0 Å². The van der Waals surface area contributed by atoms with Gasteiger partial charge in [-0.15, -0.1) is 0 Å². The lowest BCUT2D eigenvalue weighted by molar-refractivity contribution is 1.34. The fourth-order valence-electron chi connectivity index (χ4n) is 3.86. The number of fused-ring (bicyclic) bond motifs is 2. The van der Waals surface area contributed by atoms with Gasteiger partial charge in [0.25, 0.3) is 0 Å². The average Bonchev–Trinajstić information content (AvgIpc) is 3.43. The first-order valence-electron chi connectivity index (χ1n) is 10.1. The van der Waals surface area contributed by atoms with Crippen LogP contribution in [0.3, 0.4) is 0 Å². The minimum absolute atomic E-state index is 0.708. The normalized spacial score (nSPS) is 11.4. The molecule has 154 valence electrons. The number of aromatic amines is 2. The summed E-state index contributed by atoms with van der Waals surface area (Å²) in [4.78, 5) is 16.3. The molecule has 32 heavy (non-hydrogen) atoms. The summed E-state index contributed by atoms with van der Waals surface area (Å²) < 4.78 is 0. The molecule has 4 aromatic carbocycles. The van der Waals surface area contributed by atoms with Crippen molar-refractivity contribution < 1.29 is 0 Å². The Morgan fingerprint density at radius 2 is 0.844 bits per heavy atom. The summed E-state index contributed by atoms with van der Waals surface area (Å²) in [6.45, 7) is 0. The van der Waals surface area contributed by atoms with Crippen molar-refractivity contribution in [1.29, 1.82) is 0 Å². The quantitative estimate of drug-likeness (QED) is 0.287. The van der Waals surface area contributed by atoms with Crippen molar-refractivity contribution in [3.63, 3.8) is 0 Å². The van der Waals surface area contributed by atoms with Gasteiger partial charge in [-0.3, -0.25) is 0 Å². The summed E-state index contributed by atoms with van der Waals surface area (Å²) in [5, 5.41) is 1.42. The van der Waals surface area contributed by atoms with E-state index in [4.69, 9.17) is 33.2 Å². The Kier molecular flexibility index (Phi) is 4.49. The van der Waals surface area contributed by atoms with Crippen LogP contribution >= 0.6 is 23.2 Å². The van der Waals surface area contributed by atoms with Crippen LogP contribution in [0.1, 0.15) is 0 Å². The molecule has 0 radical (unpaired) electrons. The maximum Gasteiger partial charge on any atom is 0.138 e. The lowest BCUT2D eigenvalue weighted by Gasteiger charge is -2.01. The molecular weight excluding hydrogens is 439 g/mol. The maximum absolute atomic E-state index is 6.01. The van der Waals surface area contributed by atoms with Crippen LogP contribution in [-0.2, 0) is 0 Å². The Morgan fingerprint density at radius 1 is 0.469 bits per heavy atom. The number of imidazole rings is 2. The molecule has 0 saturated heterocycles. The zero-order valence-corrected chi connectivity index (χ0v) is 18.2. The first kappa shape index (κ1) is 19.1. The highest BCUT2D eigenvalue weighted by atomic mass is 35.5. The van der Waals surface area contributed by atoms with E-state index in [0.717, 1.165) is 56.0 Å². The average molecular weight is 455 g/mol. The third-order valence-electron chi connectivity index (χ3n) is 5.53. The van der Waals surface area contributed by atoms with E-state index in [0.29, 0.717) is 10.0 Å². The summed E-state index contributed by atoms with van der Waals surface area (Å²) in [6.07, 6.45) is 0. The van der Waals surface area contributed by atoms with E-state index in [1.165, 1.54) is 0 Å². The molecule has 0 atom stereocenters. The van der Waals surface area contributed by atoms with Crippen LogP contribution in [0.5, 0.6) is 0 Å². The van der Waals surface area contributed by atoms with Crippen LogP contribution in [0, 0.1) is 0 Å². The summed E-state index contributed by atoms with van der Waals surface area (Å²) in [5.74, 6) is 1.65. The second kappa shape index (κ2) is 7.52. The molecule has 0 aliphatic carbocycles. The SMILES string of the molecule is Clc1ccc(-c2nc3cc(-c4ccc5[nH]c(-c6ccc(Cl)cc6)nc5c4)ccc3[nH]2)cc1. The molecule has 0 aliphatic heterocycles. The Labute approximate surface area is 193 Å². The monoisotopic (exact) mass is 454 g/mol. The first-order valence-corrected chi connectivity index (χ1v) is 10.9. The molecular formula is C26H16Cl2N4. The third kappa shape index (κ3) is 3.44. The van der Waals surface area contributed by atoms with E-state index < -0.39 is 0 Å². The summed E-state index contributed by atoms with van der Waals surface area (Å²) >= 11 is 12.0. The first-order chi connectivity index (χ1) is 15.6. The maximum atomic E-state index is 6.01. The van der Waals surface area contributed by atoms with Crippen molar-refractivity contribution in [3.8, 4) is 33.9 Å². The van der Waals surface area contributed by atoms with Crippen LogP contribution in [0.25, 0.3) is 56.0 Å². The van der Waals surface area contributed by atoms with Crippen LogP contribution < -0.4 is 0 Å². The van der Waals surface area contributed by atoms with E-state index in [-0.39, 0.29) is 0 Å². The van der Waals surface area contributed by atoms with Gasteiger partial charge >= 0.3 is 0 Å². The smallest absolute Gasteiger partial charge is 0.138 e. The zero-order chi connectivity index (χ0) is 21.7. The van der Waals surface area contributed by atoms with Gasteiger partial charge < -0.3 is 9.97 Å². The fourth-order valence-corrected chi connectivity index (χ4v) is 4.11. The van der Waals surface area contributed by atoms with Crippen LogP contribution in [-0.4, -0.2) is 19.9 Å². The summed E-state index contributed by atoms with van der Waals surface area (Å²) in [6, 6.07) is 27.8. The number of hydrogen-bond acceptors (Lipinski definition) is 2. The highest BCUT2D eigenvalue weighted by Gasteiger charge is 2.10. The van der Waals surface area contributed by atoms with E-state index >= 15 is 0 Å². The third-order valence-corrected chi connectivity index (χ3v) is 6.04. The van der Waals surface area contributed by atoms with Crippen molar-refractivity contribution in [2.45, 2.75) is 0 Å². The number of aromatic nitrogens is 4. The molecule has 0 unspecified atom stereocenters. The highest BCUT2D eigenvalue weighted by molar-refractivity contribution is 6.30. The molecule has 2 heterocycles. The molecule has 6 rings (SSSR count). The molecule has 0 amide bonds. The Bertz CT molecular complexity index is 1460. The standard InChI is InChI=1S/C26H16Cl2N4/c27-19-7-1-15(2-8-19)25-29-21-11-5-17(13-23(21)31-25)18-6-12-22-24(14-18)32-26(30-22)16-3-9-20(28)10-4-16/h1-14H,(H,29,31)(H,30,32). The van der Waals surface area contributed by atoms with E-state index in [1.54, 1.807) is 0 Å². The van der Waals surface area contributed by atoms with Gasteiger partial charge in [-0.25, -0.2) is 9.97 Å². The van der Waals surface area contributed by atoms with Crippen molar-refractivity contribution >= 4 is 45.3 Å². The molecule has 0 bridgehead atoms. The molecule has 6 aromatic rings. The van der Waals surface area contributed by atoms with Gasteiger partial charge in [0.05, 0.1) is 22.1 Å². The largest absolute Gasteiger partial charge is 0.338 e. The molecule has 4 nitrogen and oxygen atoms in total. The van der Waals surface area contributed by atoms with Gasteiger partial charge in [0.15, 0.2) is 0 Å². The number of nitrogens with one attached hydrogen (secondary N) is 2. The van der Waals surface area contributed by atoms with Gasteiger partial charge in [0.2, 0.25) is 0 Å². The topological polar surface area (TPSA) is 57.4 Å². The van der Waals surface area contributed by atoms with E-state index in [2.05, 4.69) is 46.4 Å². The van der Waals surface area contributed by atoms with E-state index in [9.17, 15) is 0 Å². The molecule has 2 aromatic heterocycles. The highest BCUT2D eigenvalue weighted by Crippen LogP contribution is 2.29. The number of benzene rings is 4. The lowest BCUT2D eigenvalue weighted by Crippen LogP contribution is -1.80. The second-order valence-electron chi connectivity index (χ2n) is 7.65. The molecule has 0 aliphatic rings. The number of H-pyrrole nitrogens is 2. The minimum atomic E-state index is 0.708. The summed E-state index contributed by atoms with van der Waals surface area (Å²) in [5.41, 5.74) is 7.98. The Morgan fingerprint density at radius 3 is 1.25 bits per heavy atom. The molecule has 0 fully saturated rings. The fraction of sp³-hybridized carbons (Fsp3) is 0. The van der Waals surface area contributed by atoms with Gasteiger partial charge in [0.1, 0.15) is 11.6 Å². The Balaban J connectivity index is 1.37. The number of hydrogen-bond donors (Lipinski definition) is 2. The van der Waals surface area contributed by atoms with Gasteiger partial charge in [-0.1, -0.05) is 35.3 Å². The van der Waals surface area contributed by atoms with Crippen LogP contribution in [0.4, 0.5) is 0 Å². The van der Waals surface area contributed by atoms with Crippen molar-refractivity contribution in [1.82, 2.24) is 19.9 Å². The number of rotatable bonds is 3. The molecule has 2 N–H and O–H groups in total. The second-order valence-corrected chi connectivity index (χ2v) is 8.52. The molecule has 0 saturated carbocycles. The summed E-state index contributed by atoms with van der Waals surface area (Å²) in [7, 11) is 0.